The van der Waals surface area contributed by atoms with E-state index < -0.39 is 0 Å². The molecule has 1 aromatic carbocycles. The molecular formula is C16H13N3. The first-order chi connectivity index (χ1) is 9.20. The number of nitriles is 1. The second kappa shape index (κ2) is 4.25. The van der Waals surface area contributed by atoms with Crippen molar-refractivity contribution < 1.29 is 0 Å². The van der Waals surface area contributed by atoms with Gasteiger partial charge in [-0.3, -0.25) is 0 Å². The molecule has 0 aliphatic rings. The zero-order valence-corrected chi connectivity index (χ0v) is 10.9. The van der Waals surface area contributed by atoms with Crippen molar-refractivity contribution >= 4 is 5.65 Å². The Kier molecular flexibility index (Phi) is 2.57. The van der Waals surface area contributed by atoms with Gasteiger partial charge in [0.2, 0.25) is 0 Å². The fourth-order valence-electron chi connectivity index (χ4n) is 2.30. The topological polar surface area (TPSA) is 41.1 Å². The first-order valence-electron chi connectivity index (χ1n) is 6.15. The molecule has 0 radical (unpaired) electrons. The molecule has 0 N–H and O–H groups in total. The van der Waals surface area contributed by atoms with Crippen LogP contribution in [0.25, 0.3) is 16.9 Å². The first-order valence-corrected chi connectivity index (χ1v) is 6.15. The first kappa shape index (κ1) is 11.5. The Labute approximate surface area is 111 Å². The maximum absolute atomic E-state index is 9.25. The molecule has 3 heteroatoms. The number of benzene rings is 1. The summed E-state index contributed by atoms with van der Waals surface area (Å²) in [5, 5.41) is 9.25. The van der Waals surface area contributed by atoms with Crippen molar-refractivity contribution in [3.8, 4) is 17.3 Å². The quantitative estimate of drug-likeness (QED) is 0.660. The van der Waals surface area contributed by atoms with Gasteiger partial charge in [0, 0.05) is 17.5 Å². The maximum Gasteiger partial charge on any atom is 0.155 e. The molecule has 0 aliphatic heterocycles. The molecule has 0 aliphatic carbocycles. The molecule has 0 unspecified atom stereocenters. The van der Waals surface area contributed by atoms with Crippen LogP contribution >= 0.6 is 0 Å². The number of rotatable bonds is 1. The lowest BCUT2D eigenvalue weighted by molar-refractivity contribution is 1.05. The van der Waals surface area contributed by atoms with Crippen LogP contribution in [0.1, 0.15) is 16.8 Å². The van der Waals surface area contributed by atoms with Gasteiger partial charge in [0.1, 0.15) is 6.07 Å². The summed E-state index contributed by atoms with van der Waals surface area (Å²) in [5.41, 5.74) is 5.40. The SMILES string of the molecule is Cc1cn2c(C)cc(-c3ccccc3)nc2c1C#N. The van der Waals surface area contributed by atoms with Crippen LogP contribution in [0.15, 0.2) is 42.6 Å². The Morgan fingerprint density at radius 2 is 1.89 bits per heavy atom. The van der Waals surface area contributed by atoms with E-state index in [9.17, 15) is 5.26 Å². The van der Waals surface area contributed by atoms with Crippen molar-refractivity contribution in [1.29, 1.82) is 5.26 Å². The van der Waals surface area contributed by atoms with Crippen molar-refractivity contribution in [2.75, 3.05) is 0 Å². The lowest BCUT2D eigenvalue weighted by Crippen LogP contribution is -1.95. The highest BCUT2D eigenvalue weighted by Gasteiger charge is 2.11. The third-order valence-electron chi connectivity index (χ3n) is 3.30. The van der Waals surface area contributed by atoms with E-state index in [1.165, 1.54) is 0 Å². The molecule has 3 nitrogen and oxygen atoms in total. The molecular weight excluding hydrogens is 234 g/mol. The van der Waals surface area contributed by atoms with E-state index in [1.54, 1.807) is 0 Å². The molecule has 0 bridgehead atoms. The lowest BCUT2D eigenvalue weighted by atomic mass is 10.1. The van der Waals surface area contributed by atoms with E-state index in [4.69, 9.17) is 0 Å². The molecule has 2 heterocycles. The van der Waals surface area contributed by atoms with Gasteiger partial charge >= 0.3 is 0 Å². The Balaban J connectivity index is 2.33. The Hall–Kier alpha value is -2.60. The molecule has 3 rings (SSSR count). The van der Waals surface area contributed by atoms with E-state index in [1.807, 2.05) is 60.8 Å². The average molecular weight is 247 g/mol. The molecule has 0 saturated heterocycles. The van der Waals surface area contributed by atoms with Crippen molar-refractivity contribution in [2.45, 2.75) is 13.8 Å². The third kappa shape index (κ3) is 1.78. The van der Waals surface area contributed by atoms with Crippen LogP contribution in [0.5, 0.6) is 0 Å². The van der Waals surface area contributed by atoms with Gasteiger partial charge in [-0.05, 0) is 25.5 Å². The lowest BCUT2D eigenvalue weighted by Gasteiger charge is -2.05. The molecule has 0 amide bonds. The van der Waals surface area contributed by atoms with Gasteiger partial charge in [-0.2, -0.15) is 5.26 Å². The minimum absolute atomic E-state index is 0.654. The molecule has 19 heavy (non-hydrogen) atoms. The fourth-order valence-corrected chi connectivity index (χ4v) is 2.30. The molecule has 0 atom stereocenters. The highest BCUT2D eigenvalue weighted by atomic mass is 15.0. The normalized spacial score (nSPS) is 10.6. The smallest absolute Gasteiger partial charge is 0.155 e. The van der Waals surface area contributed by atoms with E-state index >= 15 is 0 Å². The summed E-state index contributed by atoms with van der Waals surface area (Å²) in [6.45, 7) is 3.97. The number of aryl methyl sites for hydroxylation is 2. The molecule has 3 aromatic rings. The summed E-state index contributed by atoms with van der Waals surface area (Å²) < 4.78 is 1.97. The average Bonchev–Trinajstić information content (AvgIpc) is 2.76. The Morgan fingerprint density at radius 3 is 2.58 bits per heavy atom. The Morgan fingerprint density at radius 1 is 1.16 bits per heavy atom. The van der Waals surface area contributed by atoms with Gasteiger partial charge in [0.05, 0.1) is 11.3 Å². The van der Waals surface area contributed by atoms with E-state index in [2.05, 4.69) is 11.1 Å². The Bertz CT molecular complexity index is 792. The van der Waals surface area contributed by atoms with Crippen LogP contribution in [-0.2, 0) is 0 Å². The number of nitrogens with zero attached hydrogens (tertiary/aromatic N) is 3. The van der Waals surface area contributed by atoms with Crippen LogP contribution in [0.2, 0.25) is 0 Å². The number of hydrogen-bond donors (Lipinski definition) is 0. The maximum atomic E-state index is 9.25. The van der Waals surface area contributed by atoms with Gasteiger partial charge < -0.3 is 4.40 Å². The standard InChI is InChI=1S/C16H13N3/c1-11-10-19-12(2)8-15(13-6-4-3-5-7-13)18-16(19)14(11)9-17/h3-8,10H,1-2H3. The number of fused-ring (bicyclic) bond motifs is 1. The zero-order valence-electron chi connectivity index (χ0n) is 10.9. The van der Waals surface area contributed by atoms with Crippen molar-refractivity contribution in [1.82, 2.24) is 9.38 Å². The van der Waals surface area contributed by atoms with Crippen LogP contribution in [0, 0.1) is 25.2 Å². The van der Waals surface area contributed by atoms with Crippen molar-refractivity contribution in [3.63, 3.8) is 0 Å². The van der Waals surface area contributed by atoms with Crippen LogP contribution in [0.4, 0.5) is 0 Å². The minimum atomic E-state index is 0.654. The molecule has 0 fully saturated rings. The summed E-state index contributed by atoms with van der Waals surface area (Å²) >= 11 is 0. The van der Waals surface area contributed by atoms with Crippen LogP contribution < -0.4 is 0 Å². The second-order valence-electron chi connectivity index (χ2n) is 4.64. The molecule has 92 valence electrons. The monoisotopic (exact) mass is 247 g/mol. The van der Waals surface area contributed by atoms with Crippen molar-refractivity contribution in [2.24, 2.45) is 0 Å². The highest BCUT2D eigenvalue weighted by Crippen LogP contribution is 2.23. The minimum Gasteiger partial charge on any atom is -0.304 e. The summed E-state index contributed by atoms with van der Waals surface area (Å²) in [6.07, 6.45) is 1.96. The third-order valence-corrected chi connectivity index (χ3v) is 3.30. The highest BCUT2D eigenvalue weighted by molar-refractivity contribution is 5.67. The predicted octanol–water partition coefficient (Wildman–Crippen LogP) is 3.49. The van der Waals surface area contributed by atoms with Gasteiger partial charge in [0.15, 0.2) is 5.65 Å². The molecule has 0 saturated carbocycles. The van der Waals surface area contributed by atoms with E-state index in [0.717, 1.165) is 28.2 Å². The van der Waals surface area contributed by atoms with Gasteiger partial charge in [0.25, 0.3) is 0 Å². The fraction of sp³-hybridized carbons (Fsp3) is 0.125. The predicted molar refractivity (Wildman–Crippen MR) is 74.8 cm³/mol. The summed E-state index contributed by atoms with van der Waals surface area (Å²) in [7, 11) is 0. The van der Waals surface area contributed by atoms with E-state index in [-0.39, 0.29) is 0 Å². The van der Waals surface area contributed by atoms with Gasteiger partial charge in [-0.15, -0.1) is 0 Å². The van der Waals surface area contributed by atoms with Crippen LogP contribution in [-0.4, -0.2) is 9.38 Å². The van der Waals surface area contributed by atoms with Crippen molar-refractivity contribution in [3.05, 3.63) is 59.4 Å². The summed E-state index contributed by atoms with van der Waals surface area (Å²) in [6, 6.07) is 14.3. The number of aromatic nitrogens is 2. The number of hydrogen-bond acceptors (Lipinski definition) is 2. The van der Waals surface area contributed by atoms with Gasteiger partial charge in [-0.25, -0.2) is 4.98 Å². The zero-order chi connectivity index (χ0) is 13.4. The summed E-state index contributed by atoms with van der Waals surface area (Å²) in [4.78, 5) is 4.64. The molecule has 2 aromatic heterocycles. The second-order valence-corrected chi connectivity index (χ2v) is 4.64. The van der Waals surface area contributed by atoms with Crippen LogP contribution in [0.3, 0.4) is 0 Å². The van der Waals surface area contributed by atoms with E-state index in [0.29, 0.717) is 5.56 Å². The van der Waals surface area contributed by atoms with Gasteiger partial charge in [-0.1, -0.05) is 30.3 Å². The molecule has 0 spiro atoms. The summed E-state index contributed by atoms with van der Waals surface area (Å²) in [5.74, 6) is 0. The largest absolute Gasteiger partial charge is 0.304 e.